The molecule has 0 fully saturated rings. The Bertz CT molecular complexity index is 490. The number of nitrogens with zero attached hydrogens (tertiary/aromatic N) is 1. The third-order valence-corrected chi connectivity index (χ3v) is 2.38. The fraction of sp³-hybridized carbons (Fsp3) is 0.182. The van der Waals surface area contributed by atoms with E-state index in [-0.39, 0.29) is 10.7 Å². The summed E-state index contributed by atoms with van der Waals surface area (Å²) in [6.07, 6.45) is 0. The molecule has 19 heavy (non-hydrogen) atoms. The molecular weight excluding hydrogens is 276 g/mol. The van der Waals surface area contributed by atoms with Gasteiger partial charge in [-0.05, 0) is 12.1 Å². The van der Waals surface area contributed by atoms with Gasteiger partial charge in [-0.1, -0.05) is 23.7 Å². The standard InChI is InChI=1S/C11H11ClN2O5/c12-7-3-1-2-4-8(7)13-11(19)14(5-9(15)16)6-10(17)18/h1-4H,5-6H2,(H,13,19)(H,15,16)(H,17,18). The first-order chi connectivity index (χ1) is 8.90. The van der Waals surface area contributed by atoms with Crippen molar-refractivity contribution in [1.29, 1.82) is 0 Å². The van der Waals surface area contributed by atoms with E-state index in [1.165, 1.54) is 12.1 Å². The highest BCUT2D eigenvalue weighted by Gasteiger charge is 2.20. The molecule has 0 aliphatic heterocycles. The second-order valence-electron chi connectivity index (χ2n) is 3.55. The minimum Gasteiger partial charge on any atom is -0.480 e. The number of amides is 2. The lowest BCUT2D eigenvalue weighted by Crippen LogP contribution is -2.41. The van der Waals surface area contributed by atoms with Crippen molar-refractivity contribution in [2.45, 2.75) is 0 Å². The summed E-state index contributed by atoms with van der Waals surface area (Å²) >= 11 is 5.82. The van der Waals surface area contributed by atoms with Crippen molar-refractivity contribution in [3.05, 3.63) is 29.3 Å². The zero-order chi connectivity index (χ0) is 14.4. The monoisotopic (exact) mass is 286 g/mol. The molecule has 8 heteroatoms. The average Bonchev–Trinajstić information content (AvgIpc) is 2.30. The third-order valence-electron chi connectivity index (χ3n) is 2.05. The maximum absolute atomic E-state index is 11.8. The van der Waals surface area contributed by atoms with Crippen molar-refractivity contribution in [3.63, 3.8) is 0 Å². The number of rotatable bonds is 5. The number of benzene rings is 1. The number of carbonyl (C=O) groups is 3. The van der Waals surface area contributed by atoms with E-state index in [0.29, 0.717) is 4.90 Å². The van der Waals surface area contributed by atoms with Crippen molar-refractivity contribution in [3.8, 4) is 0 Å². The van der Waals surface area contributed by atoms with Gasteiger partial charge in [-0.2, -0.15) is 0 Å². The second kappa shape index (κ2) is 6.60. The summed E-state index contributed by atoms with van der Waals surface area (Å²) in [6.45, 7) is -1.44. The van der Waals surface area contributed by atoms with Gasteiger partial charge in [-0.25, -0.2) is 4.79 Å². The van der Waals surface area contributed by atoms with Crippen LogP contribution in [-0.4, -0.2) is 46.2 Å². The Morgan fingerprint density at radius 3 is 2.11 bits per heavy atom. The van der Waals surface area contributed by atoms with Crippen LogP contribution in [-0.2, 0) is 9.59 Å². The summed E-state index contributed by atoms with van der Waals surface area (Å²) in [5, 5.41) is 19.9. The van der Waals surface area contributed by atoms with E-state index < -0.39 is 31.1 Å². The fourth-order valence-corrected chi connectivity index (χ4v) is 1.47. The lowest BCUT2D eigenvalue weighted by Gasteiger charge is -2.19. The lowest BCUT2D eigenvalue weighted by molar-refractivity contribution is -0.140. The summed E-state index contributed by atoms with van der Waals surface area (Å²) < 4.78 is 0. The summed E-state index contributed by atoms with van der Waals surface area (Å²) in [5.74, 6) is -2.62. The van der Waals surface area contributed by atoms with Gasteiger partial charge in [0.15, 0.2) is 0 Å². The largest absolute Gasteiger partial charge is 0.480 e. The molecule has 7 nitrogen and oxygen atoms in total. The van der Waals surface area contributed by atoms with Gasteiger partial charge < -0.3 is 20.4 Å². The number of nitrogens with one attached hydrogen (secondary N) is 1. The van der Waals surface area contributed by atoms with Gasteiger partial charge in [0, 0.05) is 0 Å². The zero-order valence-corrected chi connectivity index (χ0v) is 10.4. The molecule has 0 unspecified atom stereocenters. The van der Waals surface area contributed by atoms with Gasteiger partial charge in [0.2, 0.25) is 0 Å². The van der Waals surface area contributed by atoms with E-state index in [4.69, 9.17) is 21.8 Å². The number of para-hydroxylation sites is 1. The molecule has 1 aromatic carbocycles. The minimum absolute atomic E-state index is 0.265. The van der Waals surface area contributed by atoms with Crippen LogP contribution < -0.4 is 5.32 Å². The summed E-state index contributed by atoms with van der Waals surface area (Å²) in [5.41, 5.74) is 0.273. The van der Waals surface area contributed by atoms with E-state index in [1.807, 2.05) is 0 Å². The van der Waals surface area contributed by atoms with Crippen LogP contribution >= 0.6 is 11.6 Å². The number of carboxylic acids is 2. The molecule has 3 N–H and O–H groups in total. The number of hydrogen-bond donors (Lipinski definition) is 3. The highest BCUT2D eigenvalue weighted by molar-refractivity contribution is 6.33. The van der Waals surface area contributed by atoms with E-state index in [0.717, 1.165) is 0 Å². The summed E-state index contributed by atoms with van der Waals surface area (Å²) in [4.78, 5) is 33.6. The normalized spacial score (nSPS) is 9.74. The van der Waals surface area contributed by atoms with Crippen LogP contribution in [0.5, 0.6) is 0 Å². The van der Waals surface area contributed by atoms with Gasteiger partial charge >= 0.3 is 18.0 Å². The molecule has 2 amide bonds. The minimum atomic E-state index is -1.31. The van der Waals surface area contributed by atoms with Gasteiger partial charge in [0.25, 0.3) is 0 Å². The van der Waals surface area contributed by atoms with Crippen molar-refractivity contribution in [1.82, 2.24) is 4.90 Å². The Balaban J connectivity index is 2.79. The molecule has 0 heterocycles. The van der Waals surface area contributed by atoms with Gasteiger partial charge in [0.1, 0.15) is 13.1 Å². The summed E-state index contributed by atoms with van der Waals surface area (Å²) in [7, 11) is 0. The van der Waals surface area contributed by atoms with E-state index in [9.17, 15) is 14.4 Å². The Labute approximate surface area is 113 Å². The van der Waals surface area contributed by atoms with E-state index in [2.05, 4.69) is 5.32 Å². The molecule has 0 saturated heterocycles. The Morgan fingerprint density at radius 2 is 1.63 bits per heavy atom. The molecule has 0 aromatic heterocycles. The lowest BCUT2D eigenvalue weighted by atomic mass is 10.3. The molecule has 0 bridgehead atoms. The number of halogens is 1. The Hall–Kier alpha value is -2.28. The number of anilines is 1. The number of carbonyl (C=O) groups excluding carboxylic acids is 1. The second-order valence-corrected chi connectivity index (χ2v) is 3.96. The molecule has 102 valence electrons. The number of hydrogen-bond acceptors (Lipinski definition) is 3. The molecular formula is C11H11ClN2O5. The Morgan fingerprint density at radius 1 is 1.11 bits per heavy atom. The molecule has 1 rings (SSSR count). The van der Waals surface area contributed by atoms with Crippen LogP contribution in [0, 0.1) is 0 Å². The van der Waals surface area contributed by atoms with Crippen molar-refractivity contribution >= 4 is 35.3 Å². The molecule has 0 aliphatic carbocycles. The molecule has 0 spiro atoms. The molecule has 0 atom stereocenters. The van der Waals surface area contributed by atoms with Gasteiger partial charge in [-0.15, -0.1) is 0 Å². The topological polar surface area (TPSA) is 107 Å². The van der Waals surface area contributed by atoms with E-state index >= 15 is 0 Å². The molecule has 1 aromatic rings. The number of urea groups is 1. The first kappa shape index (κ1) is 14.8. The predicted molar refractivity (Wildman–Crippen MR) is 67.3 cm³/mol. The third kappa shape index (κ3) is 4.84. The predicted octanol–water partition coefficient (Wildman–Crippen LogP) is 1.34. The van der Waals surface area contributed by atoms with Crippen LogP contribution in [0.4, 0.5) is 10.5 Å². The molecule has 0 aliphatic rings. The maximum atomic E-state index is 11.8. The van der Waals surface area contributed by atoms with Crippen LogP contribution in [0.25, 0.3) is 0 Å². The van der Waals surface area contributed by atoms with Crippen molar-refractivity contribution in [2.24, 2.45) is 0 Å². The van der Waals surface area contributed by atoms with Crippen LogP contribution in [0.15, 0.2) is 24.3 Å². The molecule has 0 saturated carbocycles. The van der Waals surface area contributed by atoms with Gasteiger partial charge in [0.05, 0.1) is 10.7 Å². The highest BCUT2D eigenvalue weighted by Crippen LogP contribution is 2.20. The first-order valence-corrected chi connectivity index (χ1v) is 5.52. The average molecular weight is 287 g/mol. The maximum Gasteiger partial charge on any atom is 0.323 e. The van der Waals surface area contributed by atoms with Gasteiger partial charge in [-0.3, -0.25) is 9.59 Å². The van der Waals surface area contributed by atoms with Crippen molar-refractivity contribution in [2.75, 3.05) is 18.4 Å². The fourth-order valence-electron chi connectivity index (χ4n) is 1.28. The van der Waals surface area contributed by atoms with Crippen molar-refractivity contribution < 1.29 is 24.6 Å². The van der Waals surface area contributed by atoms with E-state index in [1.54, 1.807) is 12.1 Å². The number of carboxylic acid groups (broad SMARTS) is 2. The summed E-state index contributed by atoms with van der Waals surface area (Å²) in [6, 6.07) is 5.48. The molecule has 0 radical (unpaired) electrons. The highest BCUT2D eigenvalue weighted by atomic mass is 35.5. The van der Waals surface area contributed by atoms with Crippen LogP contribution in [0.2, 0.25) is 5.02 Å². The zero-order valence-electron chi connectivity index (χ0n) is 9.67. The smallest absolute Gasteiger partial charge is 0.323 e. The quantitative estimate of drug-likeness (QED) is 0.757. The number of aliphatic carboxylic acids is 2. The Kier molecular flexibility index (Phi) is 5.13. The SMILES string of the molecule is O=C(O)CN(CC(=O)O)C(=O)Nc1ccccc1Cl. The van der Waals surface area contributed by atoms with Crippen LogP contribution in [0.1, 0.15) is 0 Å². The first-order valence-electron chi connectivity index (χ1n) is 5.14. The van der Waals surface area contributed by atoms with Crippen LogP contribution in [0.3, 0.4) is 0 Å².